The molecule has 168 valence electrons. The van der Waals surface area contributed by atoms with Crippen LogP contribution >= 0.6 is 11.6 Å². The molecule has 1 heterocycles. The Kier molecular flexibility index (Phi) is 6.99. The fraction of sp³-hybridized carbons (Fsp3) is 0.480. The molecular weight excluding hydrogens is 414 g/mol. The molecule has 1 aliphatic rings. The number of rotatable bonds is 6. The first kappa shape index (κ1) is 23.6. The van der Waals surface area contributed by atoms with Crippen molar-refractivity contribution in [1.82, 2.24) is 4.90 Å². The highest BCUT2D eigenvalue weighted by Gasteiger charge is 2.37. The van der Waals surface area contributed by atoms with Gasteiger partial charge in [0.1, 0.15) is 5.75 Å². The minimum Gasteiger partial charge on any atom is -0.491 e. The van der Waals surface area contributed by atoms with Crippen molar-refractivity contribution >= 4 is 17.5 Å². The first-order valence-corrected chi connectivity index (χ1v) is 11.1. The zero-order valence-corrected chi connectivity index (χ0v) is 19.6. The summed E-state index contributed by atoms with van der Waals surface area (Å²) in [4.78, 5) is 15.1. The smallest absolute Gasteiger partial charge is 0.227 e. The second kappa shape index (κ2) is 9.19. The van der Waals surface area contributed by atoms with Gasteiger partial charge in [-0.25, -0.2) is 0 Å². The molecule has 3 rings (SSSR count). The predicted octanol–water partition coefficient (Wildman–Crippen LogP) is 4.40. The maximum Gasteiger partial charge on any atom is 0.227 e. The number of nitrogens with zero attached hydrogens (tertiary/aromatic N) is 1. The number of amides is 1. The fourth-order valence-electron chi connectivity index (χ4n) is 4.46. The van der Waals surface area contributed by atoms with Crippen LogP contribution in [0.3, 0.4) is 0 Å². The summed E-state index contributed by atoms with van der Waals surface area (Å²) in [6.07, 6.45) is 0.633. The van der Waals surface area contributed by atoms with Gasteiger partial charge in [0.15, 0.2) is 0 Å². The van der Waals surface area contributed by atoms with Gasteiger partial charge in [-0.1, -0.05) is 29.8 Å². The standard InChI is InChI=1S/C25H32ClNO4/c1-15(2)31-19-9-10-23(26)17(11-19)12-24(29)27-16(3)20-7-6-8-22(25(4,5)30)21(20)13-18(27)14-28/h6-11,15-16,18,28,30H,12-14H2,1-5H3/t16-,18+/m0/s1. The van der Waals surface area contributed by atoms with Crippen molar-refractivity contribution in [2.75, 3.05) is 6.61 Å². The van der Waals surface area contributed by atoms with Gasteiger partial charge >= 0.3 is 0 Å². The number of hydrogen-bond acceptors (Lipinski definition) is 4. The van der Waals surface area contributed by atoms with E-state index in [4.69, 9.17) is 16.3 Å². The van der Waals surface area contributed by atoms with Gasteiger partial charge in [0.25, 0.3) is 0 Å². The van der Waals surface area contributed by atoms with Gasteiger partial charge < -0.3 is 19.8 Å². The van der Waals surface area contributed by atoms with Gasteiger partial charge in [-0.2, -0.15) is 0 Å². The first-order chi connectivity index (χ1) is 14.5. The van der Waals surface area contributed by atoms with E-state index in [0.717, 1.165) is 16.7 Å². The maximum absolute atomic E-state index is 13.4. The minimum absolute atomic E-state index is 0.0205. The van der Waals surface area contributed by atoms with Crippen LogP contribution in [0.25, 0.3) is 0 Å². The number of aliphatic hydroxyl groups excluding tert-OH is 1. The van der Waals surface area contributed by atoms with E-state index in [1.54, 1.807) is 30.9 Å². The van der Waals surface area contributed by atoms with Crippen LogP contribution in [0.15, 0.2) is 36.4 Å². The molecule has 1 amide bonds. The van der Waals surface area contributed by atoms with Crippen LogP contribution in [-0.4, -0.2) is 39.8 Å². The lowest BCUT2D eigenvalue weighted by Gasteiger charge is -2.43. The lowest BCUT2D eigenvalue weighted by molar-refractivity contribution is -0.137. The molecule has 31 heavy (non-hydrogen) atoms. The normalized spacial score (nSPS) is 18.8. The SMILES string of the molecule is CC(C)Oc1ccc(Cl)c(CC(=O)N2[C@@H](CO)Cc3c(cccc3C(C)(C)O)[C@@H]2C)c1. The van der Waals surface area contributed by atoms with Gasteiger partial charge in [-0.15, -0.1) is 0 Å². The Morgan fingerprint density at radius 1 is 1.29 bits per heavy atom. The Hall–Kier alpha value is -2.08. The molecule has 1 aliphatic heterocycles. The second-order valence-corrected chi connectivity index (χ2v) is 9.45. The molecule has 0 spiro atoms. The number of halogens is 1. The summed E-state index contributed by atoms with van der Waals surface area (Å²) in [7, 11) is 0. The Morgan fingerprint density at radius 3 is 2.61 bits per heavy atom. The zero-order valence-electron chi connectivity index (χ0n) is 18.9. The van der Waals surface area contributed by atoms with Gasteiger partial charge in [-0.3, -0.25) is 4.79 Å². The molecule has 0 saturated carbocycles. The summed E-state index contributed by atoms with van der Waals surface area (Å²) >= 11 is 6.37. The predicted molar refractivity (Wildman–Crippen MR) is 122 cm³/mol. The third kappa shape index (κ3) is 5.05. The fourth-order valence-corrected chi connectivity index (χ4v) is 4.64. The number of fused-ring (bicyclic) bond motifs is 1. The molecule has 2 N–H and O–H groups in total. The van der Waals surface area contributed by atoms with Crippen molar-refractivity contribution in [2.45, 2.75) is 71.2 Å². The highest BCUT2D eigenvalue weighted by molar-refractivity contribution is 6.31. The van der Waals surface area contributed by atoms with E-state index in [1.165, 1.54) is 0 Å². The van der Waals surface area contributed by atoms with E-state index in [2.05, 4.69) is 0 Å². The Labute approximate surface area is 189 Å². The monoisotopic (exact) mass is 445 g/mol. The lowest BCUT2D eigenvalue weighted by Crippen LogP contribution is -2.49. The molecule has 0 aromatic heterocycles. The van der Waals surface area contributed by atoms with Crippen molar-refractivity contribution in [1.29, 1.82) is 0 Å². The van der Waals surface area contributed by atoms with Crippen molar-refractivity contribution in [3.05, 3.63) is 63.7 Å². The Bertz CT molecular complexity index is 951. The summed E-state index contributed by atoms with van der Waals surface area (Å²) in [6.45, 7) is 9.21. The van der Waals surface area contributed by atoms with Crippen LogP contribution in [-0.2, 0) is 23.2 Å². The second-order valence-electron chi connectivity index (χ2n) is 9.05. The maximum atomic E-state index is 13.4. The van der Waals surface area contributed by atoms with Crippen LogP contribution in [0.2, 0.25) is 5.02 Å². The van der Waals surface area contributed by atoms with E-state index in [1.807, 2.05) is 45.0 Å². The van der Waals surface area contributed by atoms with Crippen molar-refractivity contribution < 1.29 is 19.7 Å². The largest absolute Gasteiger partial charge is 0.491 e. The van der Waals surface area contributed by atoms with Crippen LogP contribution in [0.4, 0.5) is 0 Å². The van der Waals surface area contributed by atoms with E-state index in [-0.39, 0.29) is 37.1 Å². The summed E-state index contributed by atoms with van der Waals surface area (Å²) in [5.74, 6) is 0.572. The molecule has 5 nitrogen and oxygen atoms in total. The van der Waals surface area contributed by atoms with E-state index >= 15 is 0 Å². The molecule has 0 unspecified atom stereocenters. The highest BCUT2D eigenvalue weighted by Crippen LogP contribution is 2.38. The molecule has 0 radical (unpaired) electrons. The molecule has 2 aromatic carbocycles. The molecular formula is C25H32ClNO4. The average Bonchev–Trinajstić information content (AvgIpc) is 2.68. The van der Waals surface area contributed by atoms with Crippen LogP contribution in [0, 0.1) is 0 Å². The Balaban J connectivity index is 1.92. The lowest BCUT2D eigenvalue weighted by atomic mass is 9.81. The summed E-state index contributed by atoms with van der Waals surface area (Å²) < 4.78 is 5.74. The van der Waals surface area contributed by atoms with Crippen LogP contribution < -0.4 is 4.74 Å². The van der Waals surface area contributed by atoms with E-state index < -0.39 is 5.60 Å². The topological polar surface area (TPSA) is 70.0 Å². The average molecular weight is 446 g/mol. The van der Waals surface area contributed by atoms with Crippen LogP contribution in [0.5, 0.6) is 5.75 Å². The molecule has 0 saturated heterocycles. The molecule has 2 aromatic rings. The van der Waals surface area contributed by atoms with Gasteiger partial charge in [0, 0.05) is 5.02 Å². The van der Waals surface area contributed by atoms with Crippen molar-refractivity contribution in [3.63, 3.8) is 0 Å². The number of aliphatic hydroxyl groups is 2. The first-order valence-electron chi connectivity index (χ1n) is 10.7. The minimum atomic E-state index is -0.998. The highest BCUT2D eigenvalue weighted by atomic mass is 35.5. The molecule has 2 atom stereocenters. The third-order valence-electron chi connectivity index (χ3n) is 5.80. The van der Waals surface area contributed by atoms with E-state index in [0.29, 0.717) is 22.8 Å². The number of ether oxygens (including phenoxy) is 1. The van der Waals surface area contributed by atoms with Gasteiger partial charge in [0.05, 0.1) is 36.8 Å². The van der Waals surface area contributed by atoms with Crippen molar-refractivity contribution in [2.24, 2.45) is 0 Å². The molecule has 0 fully saturated rings. The number of carbonyl (C=O) groups excluding carboxylic acids is 1. The van der Waals surface area contributed by atoms with Crippen LogP contribution in [0.1, 0.15) is 62.9 Å². The number of carbonyl (C=O) groups is 1. The summed E-state index contributed by atoms with van der Waals surface area (Å²) in [6, 6.07) is 10.6. The zero-order chi connectivity index (χ0) is 22.9. The number of hydrogen-bond donors (Lipinski definition) is 2. The van der Waals surface area contributed by atoms with Crippen molar-refractivity contribution in [3.8, 4) is 5.75 Å². The van der Waals surface area contributed by atoms with Gasteiger partial charge in [0.2, 0.25) is 5.91 Å². The Morgan fingerprint density at radius 2 is 2.00 bits per heavy atom. The quantitative estimate of drug-likeness (QED) is 0.691. The number of benzene rings is 2. The van der Waals surface area contributed by atoms with E-state index in [9.17, 15) is 15.0 Å². The third-order valence-corrected chi connectivity index (χ3v) is 6.17. The molecule has 0 bridgehead atoms. The van der Waals surface area contributed by atoms with Gasteiger partial charge in [-0.05, 0) is 81.5 Å². The summed E-state index contributed by atoms with van der Waals surface area (Å²) in [5, 5.41) is 21.2. The molecule has 0 aliphatic carbocycles. The molecule has 6 heteroatoms. The summed E-state index contributed by atoms with van der Waals surface area (Å²) in [5.41, 5.74) is 2.55.